The monoisotopic (exact) mass is 935 g/mol. The van der Waals surface area contributed by atoms with Crippen LogP contribution in [-0.2, 0) is 29.0 Å². The summed E-state index contributed by atoms with van der Waals surface area (Å²) in [7, 11) is 0. The van der Waals surface area contributed by atoms with Crippen molar-refractivity contribution < 1.29 is 48.0 Å². The Morgan fingerprint density at radius 3 is 1.26 bits per heavy atom. The zero-order chi connectivity index (χ0) is 74.0. The minimum Gasteiger partial charge on any atom is -0.0826 e. The Morgan fingerprint density at radius 2 is 0.723 bits per heavy atom. The fourth-order valence-corrected chi connectivity index (χ4v) is 13.9. The van der Waals surface area contributed by atoms with Crippen molar-refractivity contribution in [3.63, 3.8) is 0 Å². The molecule has 0 aromatic heterocycles. The zero-order valence-corrected chi connectivity index (χ0v) is 36.2. The summed E-state index contributed by atoms with van der Waals surface area (Å²) in [6.07, 6.45) is 0. The fraction of sp³-hybridized carbons (Fsp3) is 0.0164. The van der Waals surface area contributed by atoms with Gasteiger partial charge in [-0.25, -0.2) is 0 Å². The van der Waals surface area contributed by atoms with Gasteiger partial charge in [0.05, 0.1) is 53.4 Å². The topological polar surface area (TPSA) is 0 Å². The summed E-state index contributed by atoms with van der Waals surface area (Å²) in [5, 5.41) is -5.45. The summed E-state index contributed by atoms with van der Waals surface area (Å²) in [5.74, 6) is 0. The van der Waals surface area contributed by atoms with E-state index in [9.17, 15) is 19.2 Å². The lowest BCUT2D eigenvalue weighted by atomic mass is 9.70. The van der Waals surface area contributed by atoms with E-state index in [1.165, 1.54) is 30.3 Å². The van der Waals surface area contributed by atoms with Gasteiger partial charge in [-0.1, -0.05) is 265 Å². The molecule has 10 aromatic rings. The van der Waals surface area contributed by atoms with Crippen molar-refractivity contribution in [2.24, 2.45) is 0 Å². The van der Waals surface area contributed by atoms with Gasteiger partial charge in [0.1, 0.15) is 0 Å². The van der Waals surface area contributed by atoms with Gasteiger partial charge >= 0.3 is 0 Å². The Labute approximate surface area is 441 Å². The van der Waals surface area contributed by atoms with Gasteiger partial charge in [-0.15, -0.1) is 0 Å². The highest BCUT2D eigenvalue weighted by atomic mass is 32.4. The molecule has 0 saturated heterocycles. The predicted molar refractivity (Wildman–Crippen MR) is 286 cm³/mol. The average Bonchev–Trinajstić information content (AvgIpc) is 1.47. The van der Waals surface area contributed by atoms with Crippen LogP contribution in [0.15, 0.2) is 254 Å². The molecule has 65 heavy (non-hydrogen) atoms. The molecule has 0 radical (unpaired) electrons. The Hall–Kier alpha value is -6.50. The van der Waals surface area contributed by atoms with E-state index < -0.39 is 294 Å². The molecule has 1 unspecified atom stereocenters. The largest absolute Gasteiger partial charge is 0.0826 e. The van der Waals surface area contributed by atoms with E-state index in [0.717, 1.165) is 0 Å². The van der Waals surface area contributed by atoms with Gasteiger partial charge in [0.15, 0.2) is 0 Å². The standard InChI is InChI=1S/C61H42P2S2/c64-62(47-17-5-1-6-18-47,48-19-7-2-8-20-48)51-35-29-43(30-36-51)45-33-39-55-53-25-13-15-27-57(53)61(59(55)41-45)58-28-16-14-26-54(58)56-40-34-46(42-60(56)61)44-31-37-52(38-32-44)63(65,49-21-9-3-10-22-49)50-23-11-4-12-24-50/h1-42H/i1D,2D,3D,4D,5D,6D,7D,8D,9D,10D,11D,12D,13D,15D,17D,18D,19D,20D,21D,22D,23D,24D,25D,27D,29D,30D,31D,32D,33D,35D,36D,37D,38D,39D,41D. The maximum Gasteiger partial charge on any atom is 0.0725 e. The van der Waals surface area contributed by atoms with Crippen molar-refractivity contribution in [3.8, 4) is 44.5 Å². The fourth-order valence-electron chi connectivity index (χ4n) is 8.35. The van der Waals surface area contributed by atoms with Gasteiger partial charge in [0.25, 0.3) is 0 Å². The lowest BCUT2D eigenvalue weighted by Crippen LogP contribution is -2.26. The van der Waals surface area contributed by atoms with E-state index >= 15 is 0 Å². The van der Waals surface area contributed by atoms with Crippen LogP contribution < -0.4 is 31.8 Å². The number of rotatable bonds is 8. The Kier molecular flexibility index (Phi) is 4.33. The molecule has 4 heteroatoms. The molecule has 0 amide bonds. The Balaban J connectivity index is 1.19. The van der Waals surface area contributed by atoms with E-state index in [4.69, 9.17) is 52.4 Å². The van der Waals surface area contributed by atoms with Gasteiger partial charge in [0, 0.05) is 12.1 Å². The molecule has 0 bridgehead atoms. The van der Waals surface area contributed by atoms with Gasteiger partial charge in [0.2, 0.25) is 0 Å². The quantitative estimate of drug-likeness (QED) is 0.139. The lowest BCUT2D eigenvalue weighted by Gasteiger charge is -2.31. The van der Waals surface area contributed by atoms with E-state index in [1.54, 1.807) is 12.1 Å². The molecule has 308 valence electrons. The zero-order valence-electron chi connectivity index (χ0n) is 67.8. The van der Waals surface area contributed by atoms with E-state index in [-0.39, 0.29) is 33.4 Å². The number of benzene rings is 10. The van der Waals surface area contributed by atoms with Crippen molar-refractivity contribution in [1.82, 2.24) is 0 Å². The van der Waals surface area contributed by atoms with E-state index in [1.807, 2.05) is 0 Å². The smallest absolute Gasteiger partial charge is 0.0725 e. The van der Waals surface area contributed by atoms with Gasteiger partial charge in [-0.05, 0) is 111 Å². The van der Waals surface area contributed by atoms with Gasteiger partial charge in [-0.3, -0.25) is 0 Å². The summed E-state index contributed by atoms with van der Waals surface area (Å²) in [6, 6.07) is -35.4. The molecule has 0 heterocycles. The minimum absolute atomic E-state index is 0.0649. The molecule has 2 aliphatic carbocycles. The van der Waals surface area contributed by atoms with Crippen LogP contribution in [0.4, 0.5) is 0 Å². The third kappa shape index (κ3) is 6.16. The first kappa shape index (κ1) is 17.7. The first-order valence-electron chi connectivity index (χ1n) is 36.8. The predicted octanol–water partition coefficient (Wildman–Crippen LogP) is 12.9. The molecule has 0 N–H and O–H groups in total. The molecule has 1 atom stereocenters. The van der Waals surface area contributed by atoms with Crippen molar-refractivity contribution in [1.29, 1.82) is 0 Å². The second kappa shape index (κ2) is 15.9. The summed E-state index contributed by atoms with van der Waals surface area (Å²) in [5.41, 5.74) is -6.10. The molecule has 1 spiro atoms. The highest BCUT2D eigenvalue weighted by Crippen LogP contribution is 2.63. The molecule has 0 fully saturated rings. The Morgan fingerprint density at radius 1 is 0.308 bits per heavy atom. The van der Waals surface area contributed by atoms with Crippen LogP contribution in [0.2, 0.25) is 0 Å². The minimum atomic E-state index is -5.13. The molecule has 12 rings (SSSR count). The van der Waals surface area contributed by atoms with Crippen molar-refractivity contribution in [3.05, 3.63) is 276 Å². The second-order valence-electron chi connectivity index (χ2n) is 14.4. The van der Waals surface area contributed by atoms with Crippen LogP contribution in [0.25, 0.3) is 44.5 Å². The molecule has 10 aromatic carbocycles. The highest BCUT2D eigenvalue weighted by molar-refractivity contribution is 8.26. The first-order chi connectivity index (χ1) is 46.5. The number of hydrogen-bond acceptors (Lipinski definition) is 2. The van der Waals surface area contributed by atoms with Gasteiger partial charge in [-0.2, -0.15) is 0 Å². The lowest BCUT2D eigenvalue weighted by molar-refractivity contribution is 0.794. The normalized spacial score (nSPS) is 22.2. The van der Waals surface area contributed by atoms with E-state index in [0.29, 0.717) is 0 Å². The SMILES string of the molecule is [2H]c1c([2H])c([2H])c(P(=S)(c2c([2H])c([2H])c([2H])c([2H])c2[2H])c2c([2H])c([2H])c(-c3ccc4c(c3)C3(c5ccccc5-4)c4c([2H])c([2H])c([2H])c([2H])c4-c4c([2H])c([2H])c(-c5c([2H])c([2H])c(P(=S)(c6c([2H])c([2H])c([2H])c([2H])c6[2H])c6c([2H])c([2H])c([2H])c([2H])c6[2H])c([2H])c5[2H])c([2H])c43)c([2H])c2[2H])c([2H])c1[2H]. The molecular weight excluding hydrogens is 859 g/mol. The van der Waals surface area contributed by atoms with Crippen LogP contribution in [0.1, 0.15) is 70.2 Å². The maximum atomic E-state index is 10.6. The summed E-state index contributed by atoms with van der Waals surface area (Å²) < 4.78 is 322. The van der Waals surface area contributed by atoms with Crippen LogP contribution in [0.3, 0.4) is 0 Å². The molecule has 2 aliphatic rings. The van der Waals surface area contributed by atoms with Crippen molar-refractivity contribution >= 4 is 67.5 Å². The second-order valence-corrected chi connectivity index (χ2v) is 22.8. The molecule has 0 aliphatic heterocycles. The number of fused-ring (bicyclic) bond motifs is 10. The Bertz CT molecular complexity index is 5330. The van der Waals surface area contributed by atoms with Crippen LogP contribution in [-0.4, -0.2) is 0 Å². The third-order valence-corrected chi connectivity index (χ3v) is 19.6. The summed E-state index contributed by atoms with van der Waals surface area (Å²) in [6.45, 7) is 0. The number of hydrogen-bond donors (Lipinski definition) is 0. The third-order valence-electron chi connectivity index (χ3n) is 11.1. The maximum absolute atomic E-state index is 10.6. The first-order valence-corrected chi connectivity index (χ1v) is 24.9. The highest BCUT2D eigenvalue weighted by Gasteiger charge is 2.51. The van der Waals surface area contributed by atoms with Crippen LogP contribution >= 0.6 is 12.1 Å². The molecule has 0 nitrogen and oxygen atoms in total. The van der Waals surface area contributed by atoms with Crippen LogP contribution in [0, 0.1) is 0 Å². The van der Waals surface area contributed by atoms with E-state index in [2.05, 4.69) is 0 Å². The molecule has 0 saturated carbocycles. The summed E-state index contributed by atoms with van der Waals surface area (Å²) >= 11 is 12.6. The van der Waals surface area contributed by atoms with Crippen molar-refractivity contribution in [2.75, 3.05) is 0 Å². The molecular formula is C61H42P2S2. The van der Waals surface area contributed by atoms with Gasteiger partial charge < -0.3 is 0 Å². The average molecular weight is 936 g/mol. The van der Waals surface area contributed by atoms with Crippen molar-refractivity contribution in [2.45, 2.75) is 5.41 Å². The summed E-state index contributed by atoms with van der Waals surface area (Å²) in [4.78, 5) is 0. The van der Waals surface area contributed by atoms with Crippen LogP contribution in [0.5, 0.6) is 0 Å².